The van der Waals surface area contributed by atoms with E-state index in [1.807, 2.05) is 46.0 Å². The van der Waals surface area contributed by atoms with Gasteiger partial charge >= 0.3 is 0 Å². The van der Waals surface area contributed by atoms with Gasteiger partial charge in [-0.1, -0.05) is 48.5 Å². The number of hydrogen-bond acceptors (Lipinski definition) is 4. The molecule has 7 nitrogen and oxygen atoms in total. The van der Waals surface area contributed by atoms with Gasteiger partial charge in [-0.05, 0) is 17.2 Å². The van der Waals surface area contributed by atoms with Gasteiger partial charge in [0.2, 0.25) is 5.91 Å². The van der Waals surface area contributed by atoms with Crippen LogP contribution in [0.25, 0.3) is 0 Å². The van der Waals surface area contributed by atoms with E-state index in [4.69, 9.17) is 4.98 Å². The van der Waals surface area contributed by atoms with Crippen LogP contribution in [-0.2, 0) is 30.6 Å². The van der Waals surface area contributed by atoms with Crippen LogP contribution in [0.5, 0.6) is 0 Å². The maximum atomic E-state index is 13.1. The largest absolute Gasteiger partial charge is 0.340 e. The van der Waals surface area contributed by atoms with Gasteiger partial charge in [-0.2, -0.15) is 5.10 Å². The summed E-state index contributed by atoms with van der Waals surface area (Å²) >= 11 is 0. The summed E-state index contributed by atoms with van der Waals surface area (Å²) in [6, 6.07) is 17.1. The lowest BCUT2D eigenvalue weighted by atomic mass is 9.94. The Hall–Kier alpha value is -3.48. The molecule has 1 atom stereocenters. The fourth-order valence-electron chi connectivity index (χ4n) is 4.22. The first-order chi connectivity index (χ1) is 14.7. The Kier molecular flexibility index (Phi) is 4.78. The van der Waals surface area contributed by atoms with Gasteiger partial charge in [0.05, 0.1) is 6.54 Å². The Labute approximate surface area is 174 Å². The van der Waals surface area contributed by atoms with E-state index in [9.17, 15) is 9.59 Å². The molecule has 0 spiro atoms. The number of carbonyl (C=O) groups is 2. The lowest BCUT2D eigenvalue weighted by molar-refractivity contribution is -0.133. The van der Waals surface area contributed by atoms with E-state index in [0.29, 0.717) is 44.5 Å². The summed E-state index contributed by atoms with van der Waals surface area (Å²) in [5.41, 5.74) is 2.77. The molecule has 0 fully saturated rings. The molecule has 0 saturated carbocycles. The third-order valence-corrected chi connectivity index (χ3v) is 5.79. The van der Waals surface area contributed by atoms with E-state index in [1.165, 1.54) is 5.56 Å². The molecule has 0 aliphatic carbocycles. The average Bonchev–Trinajstić information content (AvgIpc) is 3.04. The lowest BCUT2D eigenvalue weighted by Crippen LogP contribution is -2.52. The van der Waals surface area contributed by atoms with Crippen molar-refractivity contribution < 1.29 is 9.59 Å². The number of amides is 2. The molecule has 0 bridgehead atoms. The Morgan fingerprint density at radius 2 is 1.83 bits per heavy atom. The van der Waals surface area contributed by atoms with Crippen molar-refractivity contribution in [3.05, 3.63) is 82.9 Å². The summed E-state index contributed by atoms with van der Waals surface area (Å²) in [6.45, 7) is 1.75. The normalized spacial score (nSPS) is 18.2. The summed E-state index contributed by atoms with van der Waals surface area (Å²) < 4.78 is 1.92. The zero-order valence-electron chi connectivity index (χ0n) is 16.6. The van der Waals surface area contributed by atoms with Gasteiger partial charge in [0.25, 0.3) is 5.91 Å². The zero-order chi connectivity index (χ0) is 20.5. The number of carbonyl (C=O) groups excluding carboxylic acids is 2. The quantitative estimate of drug-likeness (QED) is 0.723. The Balaban J connectivity index is 1.25. The molecule has 5 rings (SSSR count). The standard InChI is InChI=1S/C23H23N5O2/c29-22-18-9-5-4-8-17(18)15-19(24-22)23(30)27-11-10-21-25-20(26-28(21)13-12-27)14-16-6-2-1-3-7-16/h1-9,19H,10-15H2,(H,24,29). The number of nitrogens with zero attached hydrogens (tertiary/aromatic N) is 4. The fourth-order valence-corrected chi connectivity index (χ4v) is 4.22. The molecule has 2 aliphatic heterocycles. The highest BCUT2D eigenvalue weighted by atomic mass is 16.2. The monoisotopic (exact) mass is 401 g/mol. The minimum atomic E-state index is -0.514. The number of nitrogens with one attached hydrogen (secondary N) is 1. The Morgan fingerprint density at radius 3 is 2.70 bits per heavy atom. The minimum absolute atomic E-state index is 0.0342. The summed E-state index contributed by atoms with van der Waals surface area (Å²) in [6.07, 6.45) is 1.89. The molecule has 7 heteroatoms. The van der Waals surface area contributed by atoms with Crippen molar-refractivity contribution in [2.24, 2.45) is 0 Å². The molecule has 2 amide bonds. The van der Waals surface area contributed by atoms with Crippen molar-refractivity contribution in [3.8, 4) is 0 Å². The van der Waals surface area contributed by atoms with Crippen LogP contribution in [0.4, 0.5) is 0 Å². The van der Waals surface area contributed by atoms with Gasteiger partial charge in [0.15, 0.2) is 5.82 Å². The highest BCUT2D eigenvalue weighted by Crippen LogP contribution is 2.19. The molecule has 0 radical (unpaired) electrons. The van der Waals surface area contributed by atoms with Crippen molar-refractivity contribution in [1.29, 1.82) is 0 Å². The van der Waals surface area contributed by atoms with Crippen LogP contribution in [0.1, 0.15) is 33.1 Å². The summed E-state index contributed by atoms with van der Waals surface area (Å²) in [5, 5.41) is 7.53. The van der Waals surface area contributed by atoms with Crippen molar-refractivity contribution in [2.75, 3.05) is 13.1 Å². The molecular formula is C23H23N5O2. The topological polar surface area (TPSA) is 80.1 Å². The van der Waals surface area contributed by atoms with Gasteiger partial charge in [-0.3, -0.25) is 9.59 Å². The van der Waals surface area contributed by atoms with Gasteiger partial charge in [0.1, 0.15) is 11.9 Å². The second-order valence-corrected chi connectivity index (χ2v) is 7.79. The van der Waals surface area contributed by atoms with Crippen LogP contribution in [0.3, 0.4) is 0 Å². The third-order valence-electron chi connectivity index (χ3n) is 5.79. The van der Waals surface area contributed by atoms with Crippen molar-refractivity contribution >= 4 is 11.8 Å². The number of benzene rings is 2. The van der Waals surface area contributed by atoms with E-state index in [-0.39, 0.29) is 11.8 Å². The van der Waals surface area contributed by atoms with Crippen molar-refractivity contribution in [2.45, 2.75) is 31.8 Å². The smallest absolute Gasteiger partial charge is 0.252 e. The molecule has 152 valence electrons. The van der Waals surface area contributed by atoms with Crippen LogP contribution < -0.4 is 5.32 Å². The van der Waals surface area contributed by atoms with Crippen LogP contribution >= 0.6 is 0 Å². The molecule has 2 aliphatic rings. The van der Waals surface area contributed by atoms with E-state index in [1.54, 1.807) is 6.07 Å². The Morgan fingerprint density at radius 1 is 1.03 bits per heavy atom. The van der Waals surface area contributed by atoms with Gasteiger partial charge in [-0.25, -0.2) is 9.67 Å². The molecule has 1 unspecified atom stereocenters. The maximum absolute atomic E-state index is 13.1. The van der Waals surface area contributed by atoms with E-state index >= 15 is 0 Å². The average molecular weight is 401 g/mol. The van der Waals surface area contributed by atoms with Gasteiger partial charge < -0.3 is 10.2 Å². The minimum Gasteiger partial charge on any atom is -0.340 e. The second kappa shape index (κ2) is 7.74. The highest BCUT2D eigenvalue weighted by molar-refractivity contribution is 6.00. The highest BCUT2D eigenvalue weighted by Gasteiger charge is 2.32. The molecule has 0 saturated heterocycles. The van der Waals surface area contributed by atoms with Crippen molar-refractivity contribution in [1.82, 2.24) is 25.0 Å². The van der Waals surface area contributed by atoms with E-state index in [0.717, 1.165) is 17.2 Å². The molecule has 2 aromatic carbocycles. The summed E-state index contributed by atoms with van der Waals surface area (Å²) in [7, 11) is 0. The number of rotatable bonds is 3. The first-order valence-electron chi connectivity index (χ1n) is 10.3. The van der Waals surface area contributed by atoms with E-state index < -0.39 is 6.04 Å². The fraction of sp³-hybridized carbons (Fsp3) is 0.304. The van der Waals surface area contributed by atoms with Crippen molar-refractivity contribution in [3.63, 3.8) is 0 Å². The Bertz CT molecular complexity index is 1070. The van der Waals surface area contributed by atoms with Crippen LogP contribution in [-0.4, -0.2) is 50.6 Å². The molecular weight excluding hydrogens is 378 g/mol. The first kappa shape index (κ1) is 18.5. The molecule has 30 heavy (non-hydrogen) atoms. The third kappa shape index (κ3) is 3.58. The second-order valence-electron chi connectivity index (χ2n) is 7.79. The van der Waals surface area contributed by atoms with Crippen LogP contribution in [0, 0.1) is 0 Å². The lowest BCUT2D eigenvalue weighted by Gasteiger charge is -2.29. The number of fused-ring (bicyclic) bond motifs is 2. The molecule has 1 aromatic heterocycles. The predicted octanol–water partition coefficient (Wildman–Crippen LogP) is 1.61. The van der Waals surface area contributed by atoms with Gasteiger partial charge in [-0.15, -0.1) is 0 Å². The molecule has 3 heterocycles. The summed E-state index contributed by atoms with van der Waals surface area (Å²) in [5.74, 6) is 1.51. The molecule has 3 aromatic rings. The summed E-state index contributed by atoms with van der Waals surface area (Å²) in [4.78, 5) is 32.0. The maximum Gasteiger partial charge on any atom is 0.252 e. The number of hydrogen-bond donors (Lipinski definition) is 1. The zero-order valence-corrected chi connectivity index (χ0v) is 16.6. The van der Waals surface area contributed by atoms with E-state index in [2.05, 4.69) is 22.5 Å². The molecule has 1 N–H and O–H groups in total. The first-order valence-corrected chi connectivity index (χ1v) is 10.3. The SMILES string of the molecule is O=C1NC(C(=O)N2CCc3nc(Cc4ccccc4)nn3CC2)Cc2ccccc21. The van der Waals surface area contributed by atoms with Crippen LogP contribution in [0.2, 0.25) is 0 Å². The van der Waals surface area contributed by atoms with Crippen LogP contribution in [0.15, 0.2) is 54.6 Å². The van der Waals surface area contributed by atoms with Gasteiger partial charge in [0, 0.05) is 37.9 Å². The number of aromatic nitrogens is 3. The predicted molar refractivity (Wildman–Crippen MR) is 111 cm³/mol.